The van der Waals surface area contributed by atoms with Crippen LogP contribution in [0.4, 0.5) is 18.0 Å². The van der Waals surface area contributed by atoms with Crippen LogP contribution in [-0.2, 0) is 27.0 Å². The van der Waals surface area contributed by atoms with E-state index in [2.05, 4.69) is 15.5 Å². The Bertz CT molecular complexity index is 1390. The molecule has 3 amide bonds. The van der Waals surface area contributed by atoms with Crippen molar-refractivity contribution in [3.8, 4) is 22.9 Å². The summed E-state index contributed by atoms with van der Waals surface area (Å²) in [6, 6.07) is 9.51. The number of nitrogens with zero attached hydrogens (tertiary/aromatic N) is 3. The minimum absolute atomic E-state index is 0.0143. The maximum Gasteiger partial charge on any atom is 0.420 e. The molecule has 2 aliphatic rings. The molecule has 206 valence electrons. The van der Waals surface area contributed by atoms with E-state index in [1.165, 1.54) is 23.9 Å². The van der Waals surface area contributed by atoms with Crippen molar-refractivity contribution in [2.75, 3.05) is 19.0 Å². The van der Waals surface area contributed by atoms with E-state index in [1.807, 2.05) is 0 Å². The van der Waals surface area contributed by atoms with E-state index in [1.54, 1.807) is 38.1 Å². The third kappa shape index (κ3) is 5.87. The third-order valence-electron chi connectivity index (χ3n) is 5.88. The van der Waals surface area contributed by atoms with Gasteiger partial charge < -0.3 is 24.1 Å². The molecule has 3 aromatic rings. The second-order valence-corrected chi connectivity index (χ2v) is 10.3. The summed E-state index contributed by atoms with van der Waals surface area (Å²) < 4.78 is 63.9. The van der Waals surface area contributed by atoms with E-state index in [0.29, 0.717) is 23.9 Å². The average Bonchev–Trinajstić information content (AvgIpc) is 3.61. The largest absolute Gasteiger partial charge is 0.456 e. The number of alkyl halides is 3. The molecule has 0 radical (unpaired) electrons. The topological polar surface area (TPSA) is 116 Å². The quantitative estimate of drug-likeness (QED) is 0.303. The van der Waals surface area contributed by atoms with Crippen molar-refractivity contribution in [3.05, 3.63) is 53.9 Å². The van der Waals surface area contributed by atoms with Crippen LogP contribution in [0.3, 0.4) is 0 Å². The van der Waals surface area contributed by atoms with Crippen molar-refractivity contribution in [3.63, 3.8) is 0 Å². The van der Waals surface area contributed by atoms with Gasteiger partial charge in [0.2, 0.25) is 11.7 Å². The fourth-order valence-electron chi connectivity index (χ4n) is 3.95. The number of nitrogens with one attached hydrogen (secondary N) is 1. The molecule has 14 heteroatoms. The Morgan fingerprint density at radius 3 is 2.56 bits per heavy atom. The zero-order valence-electron chi connectivity index (χ0n) is 20.8. The van der Waals surface area contributed by atoms with Gasteiger partial charge in [0.15, 0.2) is 6.29 Å². The predicted octanol–water partition coefficient (Wildman–Crippen LogP) is 4.84. The number of rotatable bonds is 8. The zero-order valence-corrected chi connectivity index (χ0v) is 21.6. The number of thioether (sulfide) groups is 1. The van der Waals surface area contributed by atoms with Crippen molar-refractivity contribution >= 4 is 23.7 Å². The lowest BCUT2D eigenvalue weighted by Gasteiger charge is -2.17. The zero-order chi connectivity index (χ0) is 27.8. The van der Waals surface area contributed by atoms with Crippen molar-refractivity contribution in [1.82, 2.24) is 20.4 Å². The van der Waals surface area contributed by atoms with Crippen LogP contribution >= 0.6 is 11.8 Å². The molecule has 2 aliphatic heterocycles. The number of carbonyl (C=O) groups is 2. The third-order valence-corrected chi connectivity index (χ3v) is 6.97. The molecular formula is C25H23F3N4O6S. The van der Waals surface area contributed by atoms with E-state index in [-0.39, 0.29) is 29.6 Å². The van der Waals surface area contributed by atoms with Gasteiger partial charge >= 0.3 is 12.2 Å². The summed E-state index contributed by atoms with van der Waals surface area (Å²) in [5, 5.41) is 6.26. The number of hydrogen-bond acceptors (Lipinski definition) is 9. The van der Waals surface area contributed by atoms with Crippen LogP contribution in [0.5, 0.6) is 11.5 Å². The molecule has 39 heavy (non-hydrogen) atoms. The summed E-state index contributed by atoms with van der Waals surface area (Å²) in [7, 11) is 0. The number of aromatic nitrogens is 2. The van der Waals surface area contributed by atoms with Gasteiger partial charge in [0.1, 0.15) is 23.6 Å². The molecule has 3 heterocycles. The van der Waals surface area contributed by atoms with Crippen LogP contribution in [0.2, 0.25) is 0 Å². The lowest BCUT2D eigenvalue weighted by atomic mass is 10.1. The van der Waals surface area contributed by atoms with Gasteiger partial charge in [0.05, 0.1) is 23.7 Å². The second-order valence-electron chi connectivity index (χ2n) is 9.20. The van der Waals surface area contributed by atoms with Gasteiger partial charge in [-0.05, 0) is 44.2 Å². The fraction of sp³-hybridized carbons (Fsp3) is 0.360. The summed E-state index contributed by atoms with van der Waals surface area (Å²) in [4.78, 5) is 30.1. The van der Waals surface area contributed by atoms with Gasteiger partial charge in [-0.1, -0.05) is 17.3 Å². The number of imide groups is 1. The minimum Gasteiger partial charge on any atom is -0.456 e. The summed E-state index contributed by atoms with van der Waals surface area (Å²) in [5.74, 6) is -0.444. The van der Waals surface area contributed by atoms with E-state index in [0.717, 1.165) is 11.0 Å². The molecule has 0 bridgehead atoms. The molecule has 1 N–H and O–H groups in total. The lowest BCUT2D eigenvalue weighted by molar-refractivity contribution is -0.138. The molecule has 2 fully saturated rings. The van der Waals surface area contributed by atoms with E-state index < -0.39 is 41.3 Å². The Balaban J connectivity index is 1.36. The molecule has 0 saturated carbocycles. The molecular weight excluding hydrogens is 541 g/mol. The van der Waals surface area contributed by atoms with Gasteiger partial charge in [-0.2, -0.15) is 18.2 Å². The Hall–Kier alpha value is -3.62. The number of ether oxygens (including phenoxy) is 3. The Labute approximate surface area is 224 Å². The van der Waals surface area contributed by atoms with E-state index in [4.69, 9.17) is 18.7 Å². The normalized spacial score (nSPS) is 17.6. The summed E-state index contributed by atoms with van der Waals surface area (Å²) in [6.07, 6.45) is -5.14. The molecule has 0 atom stereocenters. The predicted molar refractivity (Wildman–Crippen MR) is 131 cm³/mol. The van der Waals surface area contributed by atoms with Crippen molar-refractivity contribution < 1.29 is 41.5 Å². The first kappa shape index (κ1) is 27.0. The molecule has 10 nitrogen and oxygen atoms in total. The van der Waals surface area contributed by atoms with Crippen LogP contribution in [0.1, 0.15) is 25.3 Å². The Morgan fingerprint density at radius 2 is 1.87 bits per heavy atom. The first-order valence-corrected chi connectivity index (χ1v) is 12.8. The van der Waals surface area contributed by atoms with Crippen LogP contribution in [0.15, 0.2) is 51.9 Å². The molecule has 0 unspecified atom stereocenters. The van der Waals surface area contributed by atoms with Crippen molar-refractivity contribution in [2.24, 2.45) is 0 Å². The first-order valence-electron chi connectivity index (χ1n) is 11.8. The van der Waals surface area contributed by atoms with Gasteiger partial charge in [-0.15, -0.1) is 11.8 Å². The maximum atomic E-state index is 14.1. The van der Waals surface area contributed by atoms with Gasteiger partial charge in [-0.25, -0.2) is 4.79 Å². The monoisotopic (exact) mass is 564 g/mol. The van der Waals surface area contributed by atoms with E-state index in [9.17, 15) is 22.8 Å². The number of hydrogen-bond donors (Lipinski definition) is 1. The number of urea groups is 1. The maximum absolute atomic E-state index is 14.1. The standard InChI is InChI=1S/C25H23F3N4O6S/c1-24(2)22(33)32(23(34)30-24)12-19-29-21(31-38-19)14-7-8-16(15(11-14)25(26,27)28)37-17-5-3-4-6-18(17)39-13-20-35-9-10-36-20/h3-8,11,20H,9-10,12-13H2,1-2H3,(H,30,34). The number of carbonyl (C=O) groups excluding carboxylic acids is 2. The number of halogens is 3. The molecule has 2 aromatic carbocycles. The molecule has 5 rings (SSSR count). The van der Waals surface area contributed by atoms with Crippen molar-refractivity contribution in [2.45, 2.75) is 43.3 Å². The molecule has 0 aliphatic carbocycles. The Kier molecular flexibility index (Phi) is 7.27. The highest BCUT2D eigenvalue weighted by atomic mass is 32.2. The highest BCUT2D eigenvalue weighted by molar-refractivity contribution is 7.99. The molecule has 1 aromatic heterocycles. The highest BCUT2D eigenvalue weighted by Crippen LogP contribution is 2.42. The molecule has 2 saturated heterocycles. The van der Waals surface area contributed by atoms with Crippen LogP contribution in [0, 0.1) is 0 Å². The summed E-state index contributed by atoms with van der Waals surface area (Å²) in [5.41, 5.74) is -2.11. The fourth-order valence-corrected chi connectivity index (χ4v) is 4.88. The van der Waals surface area contributed by atoms with Crippen LogP contribution in [0.25, 0.3) is 11.4 Å². The number of para-hydroxylation sites is 1. The van der Waals surface area contributed by atoms with Gasteiger partial charge in [0.25, 0.3) is 5.91 Å². The second kappa shape index (κ2) is 10.5. The number of benzene rings is 2. The summed E-state index contributed by atoms with van der Waals surface area (Å²) in [6.45, 7) is 3.77. The van der Waals surface area contributed by atoms with Gasteiger partial charge in [-0.3, -0.25) is 9.69 Å². The minimum atomic E-state index is -4.75. The summed E-state index contributed by atoms with van der Waals surface area (Å²) >= 11 is 1.35. The molecule has 0 spiro atoms. The van der Waals surface area contributed by atoms with Crippen LogP contribution in [-0.4, -0.2) is 57.8 Å². The van der Waals surface area contributed by atoms with Gasteiger partial charge in [0, 0.05) is 11.3 Å². The highest BCUT2D eigenvalue weighted by Gasteiger charge is 2.45. The Morgan fingerprint density at radius 1 is 1.13 bits per heavy atom. The van der Waals surface area contributed by atoms with E-state index >= 15 is 0 Å². The first-order chi connectivity index (χ1) is 18.5. The van der Waals surface area contributed by atoms with Crippen molar-refractivity contribution in [1.29, 1.82) is 0 Å². The average molecular weight is 565 g/mol. The lowest BCUT2D eigenvalue weighted by Crippen LogP contribution is -2.40. The number of amides is 3. The van der Waals surface area contributed by atoms with Crippen LogP contribution < -0.4 is 10.1 Å². The smallest absolute Gasteiger partial charge is 0.420 e. The SMILES string of the molecule is CC1(C)NC(=O)N(Cc2nc(-c3ccc(Oc4ccccc4SCC4OCCO4)c(C(F)(F)F)c3)no2)C1=O.